The fraction of sp³-hybridized carbons (Fsp3) is 0.333. The van der Waals surface area contributed by atoms with Crippen molar-refractivity contribution in [3.05, 3.63) is 47.3 Å². The van der Waals surface area contributed by atoms with E-state index in [1.54, 1.807) is 13.2 Å². The summed E-state index contributed by atoms with van der Waals surface area (Å²) in [5.41, 5.74) is 2.23. The summed E-state index contributed by atoms with van der Waals surface area (Å²) in [5, 5.41) is 13.3. The molecule has 0 unspecified atom stereocenters. The lowest BCUT2D eigenvalue weighted by molar-refractivity contribution is 0.0689. The molecule has 5 heteroatoms. The summed E-state index contributed by atoms with van der Waals surface area (Å²) < 4.78 is 6.94. The fourth-order valence-corrected chi connectivity index (χ4v) is 2.27. The second kappa shape index (κ2) is 5.00. The van der Waals surface area contributed by atoms with Crippen LogP contribution in [0.25, 0.3) is 0 Å². The molecule has 1 N–H and O–H groups in total. The van der Waals surface area contributed by atoms with Gasteiger partial charge in [0, 0.05) is 11.6 Å². The Bertz CT molecular complexity index is 627. The smallest absolute Gasteiger partial charge is 0.356 e. The lowest BCUT2D eigenvalue weighted by Crippen LogP contribution is -2.07. The molecule has 1 heterocycles. The van der Waals surface area contributed by atoms with Gasteiger partial charge in [0.15, 0.2) is 5.69 Å². The highest BCUT2D eigenvalue weighted by atomic mass is 16.5. The molecule has 0 spiro atoms. The molecule has 0 radical (unpaired) electrons. The maximum absolute atomic E-state index is 11.1. The number of nitrogens with zero attached hydrogens (tertiary/aromatic N) is 2. The van der Waals surface area contributed by atoms with Crippen molar-refractivity contribution in [2.75, 3.05) is 7.11 Å². The number of rotatable bonds is 5. The molecule has 2 aromatic rings. The molecule has 0 amide bonds. The topological polar surface area (TPSA) is 64.4 Å². The van der Waals surface area contributed by atoms with E-state index < -0.39 is 5.97 Å². The first-order valence-corrected chi connectivity index (χ1v) is 6.61. The van der Waals surface area contributed by atoms with Crippen LogP contribution in [0.4, 0.5) is 0 Å². The van der Waals surface area contributed by atoms with E-state index in [2.05, 4.69) is 5.10 Å². The number of ether oxygens (including phenoxy) is 1. The summed E-state index contributed by atoms with van der Waals surface area (Å²) in [6.07, 6.45) is 2.24. The molecule has 1 aliphatic carbocycles. The van der Waals surface area contributed by atoms with Crippen LogP contribution in [-0.4, -0.2) is 28.0 Å². The van der Waals surface area contributed by atoms with E-state index in [9.17, 15) is 4.79 Å². The highest BCUT2D eigenvalue weighted by molar-refractivity contribution is 5.85. The first kappa shape index (κ1) is 12.7. The third-order valence-electron chi connectivity index (χ3n) is 3.52. The molecule has 0 atom stereocenters. The van der Waals surface area contributed by atoms with Crippen molar-refractivity contribution in [1.82, 2.24) is 9.78 Å². The summed E-state index contributed by atoms with van der Waals surface area (Å²) in [6.45, 7) is 0.586. The number of carboxylic acids is 1. The summed E-state index contributed by atoms with van der Waals surface area (Å²) in [6, 6.07) is 9.43. The van der Waals surface area contributed by atoms with Gasteiger partial charge in [0.1, 0.15) is 5.75 Å². The lowest BCUT2D eigenvalue weighted by atomic mass is 10.2. The zero-order valence-electron chi connectivity index (χ0n) is 11.2. The molecular weight excluding hydrogens is 256 g/mol. The normalized spacial score (nSPS) is 14.2. The van der Waals surface area contributed by atoms with Gasteiger partial charge in [-0.15, -0.1) is 0 Å². The van der Waals surface area contributed by atoms with Crippen molar-refractivity contribution in [3.8, 4) is 5.75 Å². The van der Waals surface area contributed by atoms with Crippen LogP contribution < -0.4 is 4.74 Å². The predicted octanol–water partition coefficient (Wildman–Crippen LogP) is 2.52. The van der Waals surface area contributed by atoms with E-state index in [1.165, 1.54) is 0 Å². The minimum atomic E-state index is -0.972. The lowest BCUT2D eigenvalue weighted by Gasteiger charge is -2.07. The van der Waals surface area contributed by atoms with Gasteiger partial charge in [0.05, 0.1) is 13.7 Å². The van der Waals surface area contributed by atoms with Gasteiger partial charge < -0.3 is 9.84 Å². The van der Waals surface area contributed by atoms with Gasteiger partial charge in [0.2, 0.25) is 0 Å². The van der Waals surface area contributed by atoms with Crippen molar-refractivity contribution in [2.24, 2.45) is 0 Å². The van der Waals surface area contributed by atoms with Gasteiger partial charge in [-0.25, -0.2) is 4.79 Å². The Morgan fingerprint density at radius 3 is 2.65 bits per heavy atom. The SMILES string of the molecule is COc1ccc(Cn2nc(C(=O)O)cc2C2CC2)cc1. The van der Waals surface area contributed by atoms with Gasteiger partial charge in [-0.05, 0) is 36.6 Å². The summed E-state index contributed by atoms with van der Waals surface area (Å²) >= 11 is 0. The minimum absolute atomic E-state index is 0.125. The number of methoxy groups -OCH3 is 1. The van der Waals surface area contributed by atoms with Gasteiger partial charge in [-0.1, -0.05) is 12.1 Å². The third kappa shape index (κ3) is 2.52. The molecule has 1 saturated carbocycles. The number of carboxylic acid groups (broad SMARTS) is 1. The Balaban J connectivity index is 1.86. The van der Waals surface area contributed by atoms with Crippen molar-refractivity contribution in [2.45, 2.75) is 25.3 Å². The van der Waals surface area contributed by atoms with E-state index in [1.807, 2.05) is 28.9 Å². The molecule has 1 aliphatic rings. The molecule has 3 rings (SSSR count). The van der Waals surface area contributed by atoms with Crippen LogP contribution in [0.3, 0.4) is 0 Å². The van der Waals surface area contributed by atoms with E-state index in [0.717, 1.165) is 29.8 Å². The monoisotopic (exact) mass is 272 g/mol. The van der Waals surface area contributed by atoms with E-state index >= 15 is 0 Å². The van der Waals surface area contributed by atoms with Crippen LogP contribution in [0, 0.1) is 0 Å². The number of aromatic nitrogens is 2. The number of carbonyl (C=O) groups is 1. The summed E-state index contributed by atoms with van der Waals surface area (Å²) in [5.74, 6) is 0.303. The fourth-order valence-electron chi connectivity index (χ4n) is 2.27. The number of benzene rings is 1. The largest absolute Gasteiger partial charge is 0.497 e. The second-order valence-electron chi connectivity index (χ2n) is 5.04. The number of aromatic carboxylic acids is 1. The number of hydrogen-bond donors (Lipinski definition) is 1. The molecule has 0 bridgehead atoms. The van der Waals surface area contributed by atoms with Crippen LogP contribution in [0.15, 0.2) is 30.3 Å². The van der Waals surface area contributed by atoms with Crippen molar-refractivity contribution in [1.29, 1.82) is 0 Å². The quantitative estimate of drug-likeness (QED) is 0.908. The van der Waals surface area contributed by atoms with E-state index in [-0.39, 0.29) is 5.69 Å². The molecule has 0 aliphatic heterocycles. The predicted molar refractivity (Wildman–Crippen MR) is 73.3 cm³/mol. The van der Waals surface area contributed by atoms with Gasteiger partial charge >= 0.3 is 5.97 Å². The van der Waals surface area contributed by atoms with Gasteiger partial charge in [-0.2, -0.15) is 5.10 Å². The first-order valence-electron chi connectivity index (χ1n) is 6.61. The maximum atomic E-state index is 11.1. The van der Waals surface area contributed by atoms with E-state index in [0.29, 0.717) is 12.5 Å². The zero-order valence-corrected chi connectivity index (χ0v) is 11.2. The Morgan fingerprint density at radius 1 is 1.40 bits per heavy atom. The zero-order chi connectivity index (χ0) is 14.1. The number of hydrogen-bond acceptors (Lipinski definition) is 3. The molecular formula is C15H16N2O3. The standard InChI is InChI=1S/C15H16N2O3/c1-20-12-6-2-10(3-7-12)9-17-14(11-4-5-11)8-13(16-17)15(18)19/h2-3,6-8,11H,4-5,9H2,1H3,(H,18,19). The van der Waals surface area contributed by atoms with E-state index in [4.69, 9.17) is 9.84 Å². The molecule has 5 nitrogen and oxygen atoms in total. The van der Waals surface area contributed by atoms with Crippen LogP contribution in [0.1, 0.15) is 40.5 Å². The van der Waals surface area contributed by atoms with Crippen LogP contribution >= 0.6 is 0 Å². The molecule has 0 saturated heterocycles. The van der Waals surface area contributed by atoms with Crippen LogP contribution in [-0.2, 0) is 6.54 Å². The average Bonchev–Trinajstić information content (AvgIpc) is 3.21. The molecule has 1 aromatic carbocycles. The van der Waals surface area contributed by atoms with Crippen LogP contribution in [0.5, 0.6) is 5.75 Å². The third-order valence-corrected chi connectivity index (χ3v) is 3.52. The summed E-state index contributed by atoms with van der Waals surface area (Å²) in [4.78, 5) is 11.1. The van der Waals surface area contributed by atoms with Gasteiger partial charge in [0.25, 0.3) is 0 Å². The van der Waals surface area contributed by atoms with Gasteiger partial charge in [-0.3, -0.25) is 4.68 Å². The highest BCUT2D eigenvalue weighted by Gasteiger charge is 2.29. The molecule has 1 fully saturated rings. The summed E-state index contributed by atoms with van der Waals surface area (Å²) in [7, 11) is 1.63. The minimum Gasteiger partial charge on any atom is -0.497 e. The maximum Gasteiger partial charge on any atom is 0.356 e. The Morgan fingerprint density at radius 2 is 2.10 bits per heavy atom. The Hall–Kier alpha value is -2.30. The molecule has 20 heavy (non-hydrogen) atoms. The van der Waals surface area contributed by atoms with Crippen molar-refractivity contribution >= 4 is 5.97 Å². The highest BCUT2D eigenvalue weighted by Crippen LogP contribution is 2.40. The average molecular weight is 272 g/mol. The molecule has 1 aromatic heterocycles. The Labute approximate surface area is 116 Å². The first-order chi connectivity index (χ1) is 9.67. The second-order valence-corrected chi connectivity index (χ2v) is 5.04. The Kier molecular flexibility index (Phi) is 3.18. The van der Waals surface area contributed by atoms with Crippen LogP contribution in [0.2, 0.25) is 0 Å². The van der Waals surface area contributed by atoms with Crippen molar-refractivity contribution < 1.29 is 14.6 Å². The molecule has 104 valence electrons. The van der Waals surface area contributed by atoms with Crippen molar-refractivity contribution in [3.63, 3.8) is 0 Å².